The fraction of sp³-hybridized carbons (Fsp3) is 0.767. The zero-order valence-electron chi connectivity index (χ0n) is 25.2. The SMILES string of the molecule is COc1cc(C)c(S(=O)(=O)N(C)CCOCC(=O)CC(C)C(C)C2CCCC(N3CCN(C)CC3)C2)c(C)c1. The molecule has 2 fully saturated rings. The van der Waals surface area contributed by atoms with Crippen LogP contribution >= 0.6 is 0 Å². The van der Waals surface area contributed by atoms with Crippen LogP contribution in [0.15, 0.2) is 17.0 Å². The average molecular weight is 566 g/mol. The third kappa shape index (κ3) is 8.49. The van der Waals surface area contributed by atoms with Crippen molar-refractivity contribution in [2.75, 3.05) is 67.1 Å². The Balaban J connectivity index is 1.42. The Bertz CT molecular complexity index is 1030. The highest BCUT2D eigenvalue weighted by molar-refractivity contribution is 7.89. The number of carbonyl (C=O) groups is 1. The van der Waals surface area contributed by atoms with Crippen LogP contribution in [0.1, 0.15) is 57.1 Å². The highest BCUT2D eigenvalue weighted by Gasteiger charge is 2.33. The van der Waals surface area contributed by atoms with Gasteiger partial charge in [0.1, 0.15) is 12.4 Å². The van der Waals surface area contributed by atoms with Gasteiger partial charge in [0.15, 0.2) is 5.78 Å². The first kappa shape index (κ1) is 32.0. The number of carbonyl (C=O) groups excluding carboxylic acids is 1. The van der Waals surface area contributed by atoms with Crippen LogP contribution in [-0.4, -0.2) is 101 Å². The Morgan fingerprint density at radius 2 is 1.74 bits per heavy atom. The van der Waals surface area contributed by atoms with E-state index in [0.29, 0.717) is 52.0 Å². The average Bonchev–Trinajstić information content (AvgIpc) is 2.90. The molecule has 1 aromatic carbocycles. The van der Waals surface area contributed by atoms with Gasteiger partial charge in [0.05, 0.1) is 18.6 Å². The molecule has 0 spiro atoms. The first-order valence-electron chi connectivity index (χ1n) is 14.6. The number of hydrogen-bond donors (Lipinski definition) is 0. The minimum atomic E-state index is -3.68. The number of ether oxygens (including phenoxy) is 2. The first-order valence-corrected chi connectivity index (χ1v) is 16.0. The molecule has 9 heteroatoms. The van der Waals surface area contributed by atoms with Crippen LogP contribution in [0.4, 0.5) is 0 Å². The fourth-order valence-electron chi connectivity index (χ4n) is 6.36. The van der Waals surface area contributed by atoms with Crippen molar-refractivity contribution in [1.29, 1.82) is 0 Å². The van der Waals surface area contributed by atoms with Crippen LogP contribution in [-0.2, 0) is 19.6 Å². The van der Waals surface area contributed by atoms with Gasteiger partial charge in [-0.05, 0) is 74.8 Å². The Kier molecular flexibility index (Phi) is 11.8. The van der Waals surface area contributed by atoms with E-state index in [1.54, 1.807) is 40.1 Å². The molecule has 39 heavy (non-hydrogen) atoms. The first-order chi connectivity index (χ1) is 18.4. The number of nitrogens with zero attached hydrogens (tertiary/aromatic N) is 3. The molecule has 0 bridgehead atoms. The molecule has 0 aromatic heterocycles. The van der Waals surface area contributed by atoms with Gasteiger partial charge in [0.2, 0.25) is 10.0 Å². The molecular weight excluding hydrogens is 514 g/mol. The summed E-state index contributed by atoms with van der Waals surface area (Å²) in [5.41, 5.74) is 1.29. The third-order valence-corrected chi connectivity index (χ3v) is 11.2. The van der Waals surface area contributed by atoms with Gasteiger partial charge < -0.3 is 14.4 Å². The molecule has 1 aliphatic heterocycles. The number of methoxy groups -OCH3 is 1. The van der Waals surface area contributed by atoms with Gasteiger partial charge in [0, 0.05) is 52.2 Å². The van der Waals surface area contributed by atoms with E-state index in [1.807, 2.05) is 0 Å². The van der Waals surface area contributed by atoms with Crippen LogP contribution in [0.25, 0.3) is 0 Å². The highest BCUT2D eigenvalue weighted by Crippen LogP contribution is 2.37. The van der Waals surface area contributed by atoms with E-state index >= 15 is 0 Å². The van der Waals surface area contributed by atoms with Gasteiger partial charge in [-0.3, -0.25) is 9.69 Å². The zero-order valence-corrected chi connectivity index (χ0v) is 26.1. The van der Waals surface area contributed by atoms with Crippen LogP contribution in [0.5, 0.6) is 5.75 Å². The molecule has 0 amide bonds. The number of ketones is 1. The third-order valence-electron chi connectivity index (χ3n) is 9.08. The number of rotatable bonds is 13. The van der Waals surface area contributed by atoms with Gasteiger partial charge in [-0.1, -0.05) is 26.7 Å². The van der Waals surface area contributed by atoms with Crippen molar-refractivity contribution in [1.82, 2.24) is 14.1 Å². The Labute approximate surface area is 237 Å². The Morgan fingerprint density at radius 1 is 1.10 bits per heavy atom. The maximum absolute atomic E-state index is 13.2. The smallest absolute Gasteiger partial charge is 0.243 e. The lowest BCUT2D eigenvalue weighted by Crippen LogP contribution is -2.50. The van der Waals surface area contributed by atoms with Crippen molar-refractivity contribution in [3.05, 3.63) is 23.3 Å². The maximum atomic E-state index is 13.2. The van der Waals surface area contributed by atoms with Crippen LogP contribution in [0, 0.1) is 31.6 Å². The van der Waals surface area contributed by atoms with E-state index in [-0.39, 0.29) is 25.5 Å². The summed E-state index contributed by atoms with van der Waals surface area (Å²) in [6, 6.07) is 4.14. The summed E-state index contributed by atoms with van der Waals surface area (Å²) in [5, 5.41) is 0. The van der Waals surface area contributed by atoms with Crippen molar-refractivity contribution in [2.24, 2.45) is 17.8 Å². The van der Waals surface area contributed by atoms with Crippen molar-refractivity contribution < 1.29 is 22.7 Å². The largest absolute Gasteiger partial charge is 0.497 e. The van der Waals surface area contributed by atoms with Gasteiger partial charge >= 0.3 is 0 Å². The molecular formula is C30H51N3O5S. The molecule has 0 N–H and O–H groups in total. The fourth-order valence-corrected chi connectivity index (χ4v) is 7.91. The summed E-state index contributed by atoms with van der Waals surface area (Å²) in [4.78, 5) is 18.1. The molecule has 1 saturated carbocycles. The molecule has 4 atom stereocenters. The summed E-state index contributed by atoms with van der Waals surface area (Å²) < 4.78 is 38.5. The summed E-state index contributed by atoms with van der Waals surface area (Å²) in [7, 11) is 1.64. The van der Waals surface area contributed by atoms with Gasteiger partial charge in [0.25, 0.3) is 0 Å². The number of aryl methyl sites for hydroxylation is 2. The number of hydrogen-bond acceptors (Lipinski definition) is 7. The molecule has 1 saturated heterocycles. The van der Waals surface area contributed by atoms with Crippen LogP contribution < -0.4 is 4.74 Å². The van der Waals surface area contributed by atoms with E-state index in [4.69, 9.17) is 9.47 Å². The standard InChI is InChI=1S/C30H51N3O5S/c1-22(25(4)26-9-8-10-27(20-26)33-13-11-31(5)12-14-33)17-28(34)21-38-16-15-32(6)39(35,36)30-23(2)18-29(37-7)19-24(30)3/h18-19,22,25-27H,8-17,20-21H2,1-7H3. The molecule has 8 nitrogen and oxygen atoms in total. The van der Waals surface area contributed by atoms with E-state index in [9.17, 15) is 13.2 Å². The maximum Gasteiger partial charge on any atom is 0.243 e. The minimum Gasteiger partial charge on any atom is -0.497 e. The van der Waals surface area contributed by atoms with E-state index < -0.39 is 10.0 Å². The molecule has 2 aliphatic rings. The molecule has 1 aliphatic carbocycles. The molecule has 0 radical (unpaired) electrons. The second kappa shape index (κ2) is 14.4. The second-order valence-corrected chi connectivity index (χ2v) is 14.0. The minimum absolute atomic E-state index is 0.0279. The predicted molar refractivity (Wildman–Crippen MR) is 156 cm³/mol. The Morgan fingerprint density at radius 3 is 2.36 bits per heavy atom. The number of likely N-dealkylation sites (N-methyl/N-ethyl adjacent to an activating group) is 2. The lowest BCUT2D eigenvalue weighted by molar-refractivity contribution is -0.125. The number of Topliss-reactive ketones (excluding diaryl/α,β-unsaturated/α-hetero) is 1. The number of sulfonamides is 1. The predicted octanol–water partition coefficient (Wildman–Crippen LogP) is 3.99. The van der Waals surface area contributed by atoms with Crippen molar-refractivity contribution >= 4 is 15.8 Å². The molecule has 1 heterocycles. The summed E-state index contributed by atoms with van der Waals surface area (Å²) in [5.74, 6) is 2.19. The molecule has 1 aromatic rings. The van der Waals surface area contributed by atoms with Crippen molar-refractivity contribution in [3.63, 3.8) is 0 Å². The van der Waals surface area contributed by atoms with Crippen LogP contribution in [0.3, 0.4) is 0 Å². The quantitative estimate of drug-likeness (QED) is 0.335. The summed E-state index contributed by atoms with van der Waals surface area (Å²) in [6.07, 6.45) is 5.59. The summed E-state index contributed by atoms with van der Waals surface area (Å²) >= 11 is 0. The normalized spacial score (nSPS) is 23.1. The van der Waals surface area contributed by atoms with Crippen molar-refractivity contribution in [3.8, 4) is 5.75 Å². The zero-order chi connectivity index (χ0) is 28.7. The number of piperazine rings is 1. The van der Waals surface area contributed by atoms with E-state index in [1.165, 1.54) is 43.1 Å². The molecule has 3 rings (SSSR count). The Hall–Kier alpha value is -1.52. The molecule has 4 unspecified atom stereocenters. The van der Waals surface area contributed by atoms with E-state index in [2.05, 4.69) is 30.7 Å². The lowest BCUT2D eigenvalue weighted by Gasteiger charge is -2.43. The summed E-state index contributed by atoms with van der Waals surface area (Å²) in [6.45, 7) is 13.1. The van der Waals surface area contributed by atoms with Gasteiger partial charge in [-0.15, -0.1) is 0 Å². The van der Waals surface area contributed by atoms with Gasteiger partial charge in [-0.25, -0.2) is 8.42 Å². The van der Waals surface area contributed by atoms with Crippen LogP contribution in [0.2, 0.25) is 0 Å². The monoisotopic (exact) mass is 565 g/mol. The topological polar surface area (TPSA) is 79.4 Å². The lowest BCUT2D eigenvalue weighted by atomic mass is 9.72. The van der Waals surface area contributed by atoms with E-state index in [0.717, 1.165) is 13.1 Å². The molecule has 222 valence electrons. The van der Waals surface area contributed by atoms with Crippen molar-refractivity contribution in [2.45, 2.75) is 70.7 Å². The van der Waals surface area contributed by atoms with Gasteiger partial charge in [-0.2, -0.15) is 4.31 Å². The highest BCUT2D eigenvalue weighted by atomic mass is 32.2. The second-order valence-electron chi connectivity index (χ2n) is 12.0. The number of benzene rings is 1.